The third-order valence-electron chi connectivity index (χ3n) is 8.19. The van der Waals surface area contributed by atoms with Crippen LogP contribution in [0.4, 0.5) is 0 Å². The minimum Gasteiger partial charge on any atom is -0.481 e. The molecule has 1 saturated carbocycles. The summed E-state index contributed by atoms with van der Waals surface area (Å²) < 4.78 is 12.5. The van der Waals surface area contributed by atoms with E-state index in [1.54, 1.807) is 0 Å². The van der Waals surface area contributed by atoms with Crippen molar-refractivity contribution in [3.63, 3.8) is 0 Å². The number of carboxylic acids is 1. The summed E-state index contributed by atoms with van der Waals surface area (Å²) in [5, 5.41) is 9.47. The molecule has 1 heterocycles. The molecule has 0 aromatic carbocycles. The van der Waals surface area contributed by atoms with Gasteiger partial charge in [0, 0.05) is 11.8 Å². The normalized spacial score (nSPS) is 37.7. The van der Waals surface area contributed by atoms with E-state index in [1.807, 2.05) is 20.8 Å². The first-order chi connectivity index (χ1) is 13.8. The second kappa shape index (κ2) is 7.96. The molecule has 2 fully saturated rings. The fourth-order valence-corrected chi connectivity index (χ4v) is 6.74. The molecule has 3 aliphatic rings. The van der Waals surface area contributed by atoms with Crippen molar-refractivity contribution in [2.45, 2.75) is 104 Å². The maximum Gasteiger partial charge on any atom is 0.306 e. The molecule has 4 atom stereocenters. The number of aliphatic carboxylic acids is 1. The van der Waals surface area contributed by atoms with Crippen LogP contribution in [-0.4, -0.2) is 34.9 Å². The topological polar surface area (TPSA) is 72.8 Å². The number of hydrogen-bond donors (Lipinski definition) is 1. The van der Waals surface area contributed by atoms with Crippen molar-refractivity contribution in [3.05, 3.63) is 11.6 Å². The molecule has 1 saturated heterocycles. The zero-order valence-corrected chi connectivity index (χ0v) is 19.7. The largest absolute Gasteiger partial charge is 0.481 e. The molecular weight excluding hydrogens is 380 g/mol. The summed E-state index contributed by atoms with van der Waals surface area (Å²) in [6.07, 6.45) is 8.50. The van der Waals surface area contributed by atoms with Crippen LogP contribution in [0.2, 0.25) is 0 Å². The first-order valence-corrected chi connectivity index (χ1v) is 11.6. The Hall–Kier alpha value is -1.36. The van der Waals surface area contributed by atoms with Crippen LogP contribution >= 0.6 is 0 Å². The maximum absolute atomic E-state index is 12.3. The number of ether oxygens (including phenoxy) is 2. The second-order valence-electron chi connectivity index (χ2n) is 11.5. The number of carbonyl (C=O) groups excluding carboxylic acids is 1. The van der Waals surface area contributed by atoms with Crippen LogP contribution in [0.15, 0.2) is 11.6 Å². The molecule has 0 aromatic heterocycles. The smallest absolute Gasteiger partial charge is 0.306 e. The molecule has 30 heavy (non-hydrogen) atoms. The van der Waals surface area contributed by atoms with Gasteiger partial charge in [0.2, 0.25) is 0 Å². The molecule has 1 spiro atoms. The Morgan fingerprint density at radius 3 is 2.50 bits per heavy atom. The van der Waals surface area contributed by atoms with Gasteiger partial charge in [-0.3, -0.25) is 9.59 Å². The highest BCUT2D eigenvalue weighted by Gasteiger charge is 2.65. The minimum atomic E-state index is -0.829. The quantitative estimate of drug-likeness (QED) is 0.452. The monoisotopic (exact) mass is 420 g/mol. The van der Waals surface area contributed by atoms with E-state index in [0.717, 1.165) is 31.3 Å². The van der Waals surface area contributed by atoms with E-state index in [-0.39, 0.29) is 35.7 Å². The van der Waals surface area contributed by atoms with Gasteiger partial charge in [0.1, 0.15) is 6.61 Å². The van der Waals surface area contributed by atoms with E-state index >= 15 is 0 Å². The molecule has 5 heteroatoms. The average Bonchev–Trinajstić information content (AvgIpc) is 2.93. The molecule has 0 unspecified atom stereocenters. The van der Waals surface area contributed by atoms with Crippen molar-refractivity contribution in [1.29, 1.82) is 0 Å². The van der Waals surface area contributed by atoms with Crippen LogP contribution in [0.5, 0.6) is 0 Å². The first kappa shape index (κ1) is 23.3. The van der Waals surface area contributed by atoms with Gasteiger partial charge in [0.25, 0.3) is 0 Å². The SMILES string of the molecule is CC(C)CC(=O)OCC1=CC[C@H]2C(C)(C)CCC[C@]2(C)[C@@]12CC[C@](C)(CC(=O)O)O2. The van der Waals surface area contributed by atoms with E-state index in [0.29, 0.717) is 18.8 Å². The lowest BCUT2D eigenvalue weighted by Crippen LogP contribution is -2.60. The number of hydrogen-bond acceptors (Lipinski definition) is 4. The van der Waals surface area contributed by atoms with Gasteiger partial charge in [-0.1, -0.05) is 47.1 Å². The molecular formula is C25H40O5. The average molecular weight is 421 g/mol. The molecule has 2 aliphatic carbocycles. The number of carbonyl (C=O) groups is 2. The van der Waals surface area contributed by atoms with Gasteiger partial charge < -0.3 is 14.6 Å². The standard InChI is InChI=1S/C25H40O5/c1-17(2)14-21(28)29-16-18-8-9-19-22(3,4)10-7-11-24(19,6)25(18)13-12-23(5,30-25)15-20(26)27/h8,17,19H,7,9-16H2,1-6H3,(H,26,27)/t19-,23+,24-,25+/m0/s1. The third-order valence-corrected chi connectivity index (χ3v) is 8.19. The van der Waals surface area contributed by atoms with Crippen molar-refractivity contribution in [1.82, 2.24) is 0 Å². The van der Waals surface area contributed by atoms with Gasteiger partial charge in [0.15, 0.2) is 0 Å². The van der Waals surface area contributed by atoms with E-state index in [9.17, 15) is 14.7 Å². The number of rotatable bonds is 6. The predicted molar refractivity (Wildman–Crippen MR) is 116 cm³/mol. The summed E-state index contributed by atoms with van der Waals surface area (Å²) in [6, 6.07) is 0. The van der Waals surface area contributed by atoms with Crippen molar-refractivity contribution in [3.8, 4) is 0 Å². The highest BCUT2D eigenvalue weighted by Crippen LogP contribution is 2.66. The maximum atomic E-state index is 12.3. The summed E-state index contributed by atoms with van der Waals surface area (Å²) >= 11 is 0. The highest BCUT2D eigenvalue weighted by atomic mass is 16.5. The number of carboxylic acid groups (broad SMARTS) is 1. The van der Waals surface area contributed by atoms with Gasteiger partial charge >= 0.3 is 11.9 Å². The van der Waals surface area contributed by atoms with Crippen LogP contribution < -0.4 is 0 Å². The Kier molecular flexibility index (Phi) is 6.18. The summed E-state index contributed by atoms with van der Waals surface area (Å²) in [5.41, 5.74) is -0.106. The van der Waals surface area contributed by atoms with Gasteiger partial charge in [-0.15, -0.1) is 0 Å². The summed E-state index contributed by atoms with van der Waals surface area (Å²) in [6.45, 7) is 13.3. The zero-order chi connectivity index (χ0) is 22.4. The molecule has 0 bridgehead atoms. The molecule has 3 rings (SSSR count). The van der Waals surface area contributed by atoms with E-state index in [4.69, 9.17) is 9.47 Å². The fraction of sp³-hybridized carbons (Fsp3) is 0.840. The summed E-state index contributed by atoms with van der Waals surface area (Å²) in [5.74, 6) is -0.288. The van der Waals surface area contributed by atoms with Gasteiger partial charge in [-0.2, -0.15) is 0 Å². The number of esters is 1. The van der Waals surface area contributed by atoms with E-state index in [1.165, 1.54) is 6.42 Å². The van der Waals surface area contributed by atoms with Crippen molar-refractivity contribution < 1.29 is 24.2 Å². The number of fused-ring (bicyclic) bond motifs is 2. The lowest BCUT2D eigenvalue weighted by Gasteiger charge is -2.61. The summed E-state index contributed by atoms with van der Waals surface area (Å²) in [7, 11) is 0. The van der Waals surface area contributed by atoms with E-state index < -0.39 is 17.2 Å². The van der Waals surface area contributed by atoms with Crippen molar-refractivity contribution in [2.75, 3.05) is 6.61 Å². The van der Waals surface area contributed by atoms with Crippen LogP contribution in [0.25, 0.3) is 0 Å². The van der Waals surface area contributed by atoms with E-state index in [2.05, 4.69) is 26.8 Å². The van der Waals surface area contributed by atoms with Crippen molar-refractivity contribution >= 4 is 11.9 Å². The van der Waals surface area contributed by atoms with Crippen LogP contribution in [0.1, 0.15) is 92.9 Å². The molecule has 0 amide bonds. The molecule has 1 N–H and O–H groups in total. The molecule has 1 aliphatic heterocycles. The third kappa shape index (κ3) is 4.06. The van der Waals surface area contributed by atoms with Crippen LogP contribution in [-0.2, 0) is 19.1 Å². The van der Waals surface area contributed by atoms with Crippen LogP contribution in [0.3, 0.4) is 0 Å². The molecule has 0 aromatic rings. The van der Waals surface area contributed by atoms with Crippen LogP contribution in [0, 0.1) is 22.7 Å². The first-order valence-electron chi connectivity index (χ1n) is 11.6. The Morgan fingerprint density at radius 2 is 1.87 bits per heavy atom. The van der Waals surface area contributed by atoms with Gasteiger partial charge in [0.05, 0.1) is 17.6 Å². The molecule has 0 radical (unpaired) electrons. The van der Waals surface area contributed by atoms with Gasteiger partial charge in [-0.05, 0) is 61.9 Å². The Morgan fingerprint density at radius 1 is 1.17 bits per heavy atom. The Balaban J connectivity index is 1.96. The molecule has 5 nitrogen and oxygen atoms in total. The molecule has 170 valence electrons. The second-order valence-corrected chi connectivity index (χ2v) is 11.5. The Labute approximate surface area is 181 Å². The lowest BCUT2D eigenvalue weighted by molar-refractivity contribution is -0.196. The van der Waals surface area contributed by atoms with Crippen molar-refractivity contribution in [2.24, 2.45) is 22.7 Å². The lowest BCUT2D eigenvalue weighted by atomic mass is 9.46. The minimum absolute atomic E-state index is 0.000688. The van der Waals surface area contributed by atoms with Gasteiger partial charge in [-0.25, -0.2) is 0 Å². The summed E-state index contributed by atoms with van der Waals surface area (Å²) in [4.78, 5) is 23.8. The predicted octanol–water partition coefficient (Wildman–Crippen LogP) is 5.52. The fourth-order valence-electron chi connectivity index (χ4n) is 6.74. The zero-order valence-electron chi connectivity index (χ0n) is 19.7. The highest BCUT2D eigenvalue weighted by molar-refractivity contribution is 5.70. The Bertz CT molecular complexity index is 723. The number of allylic oxidation sites excluding steroid dienone is 1.